The van der Waals surface area contributed by atoms with E-state index in [1.165, 1.54) is 27.9 Å². The summed E-state index contributed by atoms with van der Waals surface area (Å²) in [4.78, 5) is 4.64. The summed E-state index contributed by atoms with van der Waals surface area (Å²) in [6, 6.07) is 20.8. The molecule has 0 unspecified atom stereocenters. The Balaban J connectivity index is 1.45. The molecule has 6 heteroatoms. The Labute approximate surface area is 227 Å². The quantitative estimate of drug-likeness (QED) is 0.315. The Bertz CT molecular complexity index is 1160. The summed E-state index contributed by atoms with van der Waals surface area (Å²) in [7, 11) is 5.53. The lowest BCUT2D eigenvalue weighted by Gasteiger charge is -2.32. The van der Waals surface area contributed by atoms with Gasteiger partial charge in [-0.1, -0.05) is 24.3 Å². The van der Waals surface area contributed by atoms with Crippen LogP contribution in [0.4, 0.5) is 5.69 Å². The first-order chi connectivity index (χ1) is 18.5. The van der Waals surface area contributed by atoms with Gasteiger partial charge in [0.1, 0.15) is 23.9 Å². The van der Waals surface area contributed by atoms with Crippen molar-refractivity contribution in [3.63, 3.8) is 0 Å². The fraction of sp³-hybridized carbons (Fsp3) is 0.438. The number of methoxy groups -OCH3 is 2. The molecule has 6 nitrogen and oxygen atoms in total. The van der Waals surface area contributed by atoms with Gasteiger partial charge in [0, 0.05) is 45.0 Å². The maximum absolute atomic E-state index is 9.89. The molecule has 1 N–H and O–H groups in total. The number of hydrogen-bond donors (Lipinski definition) is 1. The molecule has 0 aromatic heterocycles. The van der Waals surface area contributed by atoms with Crippen LogP contribution in [0.3, 0.4) is 0 Å². The second-order valence-electron chi connectivity index (χ2n) is 10.1. The molecule has 0 amide bonds. The zero-order valence-electron chi connectivity index (χ0n) is 23.3. The first kappa shape index (κ1) is 27.8. The molecule has 204 valence electrons. The second kappa shape index (κ2) is 13.5. The summed E-state index contributed by atoms with van der Waals surface area (Å²) in [5.41, 5.74) is 6.45. The number of phenolic OH excluding ortho intramolecular Hbond substituents is 1. The minimum atomic E-state index is 0.357. The van der Waals surface area contributed by atoms with Gasteiger partial charge in [0.2, 0.25) is 0 Å². The van der Waals surface area contributed by atoms with E-state index in [9.17, 15) is 5.11 Å². The monoisotopic (exact) mass is 518 g/mol. The molecular weight excluding hydrogens is 476 g/mol. The lowest BCUT2D eigenvalue weighted by Crippen LogP contribution is -2.27. The van der Waals surface area contributed by atoms with Crippen LogP contribution in [-0.2, 0) is 24.1 Å². The van der Waals surface area contributed by atoms with Gasteiger partial charge in [0.05, 0.1) is 13.7 Å². The van der Waals surface area contributed by atoms with Gasteiger partial charge in [-0.15, -0.1) is 0 Å². The molecule has 0 bridgehead atoms. The van der Waals surface area contributed by atoms with E-state index >= 15 is 0 Å². The summed E-state index contributed by atoms with van der Waals surface area (Å²) in [5.74, 6) is 2.56. The van der Waals surface area contributed by atoms with E-state index in [4.69, 9.17) is 14.2 Å². The summed E-state index contributed by atoms with van der Waals surface area (Å²) in [5, 5.41) is 9.89. The van der Waals surface area contributed by atoms with Crippen molar-refractivity contribution in [3.05, 3.63) is 82.9 Å². The molecule has 1 aliphatic rings. The molecule has 0 saturated carbocycles. The predicted molar refractivity (Wildman–Crippen MR) is 154 cm³/mol. The van der Waals surface area contributed by atoms with E-state index in [0.29, 0.717) is 18.3 Å². The first-order valence-electron chi connectivity index (χ1n) is 13.6. The van der Waals surface area contributed by atoms with Gasteiger partial charge < -0.3 is 29.1 Å². The van der Waals surface area contributed by atoms with Crippen molar-refractivity contribution >= 4 is 5.69 Å². The largest absolute Gasteiger partial charge is 0.508 e. The van der Waals surface area contributed by atoms with Crippen LogP contribution in [0.1, 0.15) is 41.5 Å². The second-order valence-corrected chi connectivity index (χ2v) is 10.1. The van der Waals surface area contributed by atoms with Crippen LogP contribution in [0.5, 0.6) is 17.2 Å². The molecule has 0 aliphatic heterocycles. The molecular formula is C32H42N2O4. The molecule has 3 aromatic carbocycles. The van der Waals surface area contributed by atoms with Crippen LogP contribution in [0.15, 0.2) is 60.7 Å². The normalized spacial score (nSPS) is 14.8. The standard InChI is InChI=1S/C32H42N2O4/c1-5-34(23-24-6-12-29(13-7-24)38-19-17-33(2)16-18-36-3)32-22-30(37-4)14-15-31(32)27-9-8-26-21-28(35)11-10-25(26)20-27/h6-7,10-15,21-22,27,35H,5,8-9,16-20,23H2,1-4H3/t27-/m0/s1. The third kappa shape index (κ3) is 7.21. The number of anilines is 1. The highest BCUT2D eigenvalue weighted by molar-refractivity contribution is 5.60. The minimum Gasteiger partial charge on any atom is -0.508 e. The predicted octanol–water partition coefficient (Wildman–Crippen LogP) is 5.66. The fourth-order valence-electron chi connectivity index (χ4n) is 5.23. The van der Waals surface area contributed by atoms with Gasteiger partial charge >= 0.3 is 0 Å². The Morgan fingerprint density at radius 3 is 2.39 bits per heavy atom. The van der Waals surface area contributed by atoms with Crippen LogP contribution >= 0.6 is 0 Å². The zero-order chi connectivity index (χ0) is 26.9. The molecule has 0 fully saturated rings. The number of fused-ring (bicyclic) bond motifs is 1. The number of phenols is 1. The highest BCUT2D eigenvalue weighted by Gasteiger charge is 2.24. The van der Waals surface area contributed by atoms with Crippen molar-refractivity contribution < 1.29 is 19.3 Å². The molecule has 0 radical (unpaired) electrons. The smallest absolute Gasteiger partial charge is 0.120 e. The van der Waals surface area contributed by atoms with Crippen molar-refractivity contribution in [1.29, 1.82) is 0 Å². The zero-order valence-corrected chi connectivity index (χ0v) is 23.3. The van der Waals surface area contributed by atoms with Crippen LogP contribution in [0.25, 0.3) is 0 Å². The van der Waals surface area contributed by atoms with Crippen LogP contribution < -0.4 is 14.4 Å². The van der Waals surface area contributed by atoms with Crippen molar-refractivity contribution in [1.82, 2.24) is 4.90 Å². The Morgan fingerprint density at radius 2 is 1.66 bits per heavy atom. The molecule has 3 aromatic rings. The number of likely N-dealkylation sites (N-methyl/N-ethyl adjacent to an activating group) is 1. The van der Waals surface area contributed by atoms with Crippen LogP contribution in [0, 0.1) is 0 Å². The number of aromatic hydroxyl groups is 1. The average Bonchev–Trinajstić information content (AvgIpc) is 2.95. The van der Waals surface area contributed by atoms with Gasteiger partial charge in [0.25, 0.3) is 0 Å². The van der Waals surface area contributed by atoms with Crippen molar-refractivity contribution in [3.8, 4) is 17.2 Å². The lowest BCUT2D eigenvalue weighted by atomic mass is 9.79. The van der Waals surface area contributed by atoms with Gasteiger partial charge in [0.15, 0.2) is 0 Å². The summed E-state index contributed by atoms with van der Waals surface area (Å²) in [6.07, 6.45) is 3.04. The SMILES string of the molecule is CCN(Cc1ccc(OCCN(C)CCOC)cc1)c1cc(OC)ccc1[C@H]1CCc2cc(O)ccc2C1. The van der Waals surface area contributed by atoms with Crippen LogP contribution in [-0.4, -0.2) is 64.1 Å². The Morgan fingerprint density at radius 1 is 0.895 bits per heavy atom. The average molecular weight is 519 g/mol. The van der Waals surface area contributed by atoms with E-state index in [2.05, 4.69) is 72.3 Å². The van der Waals surface area contributed by atoms with Crippen LogP contribution in [0.2, 0.25) is 0 Å². The van der Waals surface area contributed by atoms with E-state index in [1.54, 1.807) is 14.2 Å². The summed E-state index contributed by atoms with van der Waals surface area (Å²) in [6.45, 7) is 7.05. The number of hydrogen-bond acceptors (Lipinski definition) is 6. The molecule has 0 heterocycles. The van der Waals surface area contributed by atoms with Gasteiger partial charge in [-0.05, 0) is 91.7 Å². The molecule has 1 atom stereocenters. The molecule has 0 saturated heterocycles. The molecule has 38 heavy (non-hydrogen) atoms. The summed E-state index contributed by atoms with van der Waals surface area (Å²) < 4.78 is 16.7. The fourth-order valence-corrected chi connectivity index (χ4v) is 5.23. The maximum atomic E-state index is 9.89. The minimum absolute atomic E-state index is 0.357. The van der Waals surface area contributed by atoms with Gasteiger partial charge in [-0.3, -0.25) is 0 Å². The van der Waals surface area contributed by atoms with Gasteiger partial charge in [-0.2, -0.15) is 0 Å². The topological polar surface area (TPSA) is 54.4 Å². The third-order valence-corrected chi connectivity index (χ3v) is 7.53. The molecule has 0 spiro atoms. The Kier molecular flexibility index (Phi) is 9.91. The highest BCUT2D eigenvalue weighted by Crippen LogP contribution is 2.40. The number of ether oxygens (including phenoxy) is 3. The van der Waals surface area contributed by atoms with Crippen molar-refractivity contribution in [2.45, 2.75) is 38.6 Å². The van der Waals surface area contributed by atoms with Gasteiger partial charge in [-0.25, -0.2) is 0 Å². The van der Waals surface area contributed by atoms with Crippen molar-refractivity contribution in [2.24, 2.45) is 0 Å². The highest BCUT2D eigenvalue weighted by atomic mass is 16.5. The molecule has 4 rings (SSSR count). The Hall–Kier alpha value is -3.22. The van der Waals surface area contributed by atoms with E-state index in [-0.39, 0.29) is 0 Å². The summed E-state index contributed by atoms with van der Waals surface area (Å²) >= 11 is 0. The number of aryl methyl sites for hydroxylation is 1. The number of rotatable bonds is 13. The maximum Gasteiger partial charge on any atom is 0.120 e. The van der Waals surface area contributed by atoms with E-state index < -0.39 is 0 Å². The number of nitrogens with zero attached hydrogens (tertiary/aromatic N) is 2. The van der Waals surface area contributed by atoms with E-state index in [1.807, 2.05) is 12.1 Å². The van der Waals surface area contributed by atoms with Crippen molar-refractivity contribution in [2.75, 3.05) is 59.0 Å². The third-order valence-electron chi connectivity index (χ3n) is 7.53. The van der Waals surface area contributed by atoms with E-state index in [0.717, 1.165) is 63.5 Å². The molecule has 1 aliphatic carbocycles. The lowest BCUT2D eigenvalue weighted by molar-refractivity contribution is 0.150. The number of benzene rings is 3. The first-order valence-corrected chi connectivity index (χ1v) is 13.6.